The minimum Gasteiger partial charge on any atom is -0.362 e. The Labute approximate surface area is 121 Å². The number of aromatic nitrogens is 1. The molecule has 98 valence electrons. The summed E-state index contributed by atoms with van der Waals surface area (Å²) < 4.78 is 0. The smallest absolute Gasteiger partial charge is 0.194 e. The maximum Gasteiger partial charge on any atom is 0.194 e. The van der Waals surface area contributed by atoms with Crippen LogP contribution in [0.2, 0.25) is 0 Å². The van der Waals surface area contributed by atoms with Crippen molar-refractivity contribution in [3.63, 3.8) is 0 Å². The Balaban J connectivity index is 2.32. The van der Waals surface area contributed by atoms with Crippen LogP contribution in [0.5, 0.6) is 0 Å². The summed E-state index contributed by atoms with van der Waals surface area (Å²) in [5.41, 5.74) is 2.64. The Bertz CT molecular complexity index is 855. The predicted octanol–water partition coefficient (Wildman–Crippen LogP) is 3.10. The number of rotatable bonds is 1. The largest absolute Gasteiger partial charge is 0.362 e. The first-order chi connectivity index (χ1) is 10.3. The van der Waals surface area contributed by atoms with E-state index in [1.165, 1.54) is 0 Å². The molecule has 0 unspecified atom stereocenters. The topological polar surface area (TPSA) is 80.4 Å². The van der Waals surface area contributed by atoms with E-state index in [1.807, 2.05) is 24.3 Å². The number of H-pyrrole nitrogens is 1. The summed E-state index contributed by atoms with van der Waals surface area (Å²) in [4.78, 5) is 15.5. The normalized spacial score (nSPS) is 14.7. The Kier molecular flexibility index (Phi) is 2.99. The number of hydrogen-bond donors (Lipinski definition) is 1. The third-order valence-electron chi connectivity index (χ3n) is 3.35. The molecule has 0 saturated heterocycles. The van der Waals surface area contributed by atoms with Gasteiger partial charge in [-0.2, -0.15) is 10.5 Å². The SMILES string of the molecule is N#CC(C#N)=C1/C(=C/c2ccc[nH]2)C(=O)c2ccccc21. The lowest BCUT2D eigenvalue weighted by atomic mass is 9.99. The molecule has 1 aromatic carbocycles. The highest BCUT2D eigenvalue weighted by atomic mass is 16.1. The van der Waals surface area contributed by atoms with E-state index in [1.54, 1.807) is 36.5 Å². The molecule has 0 fully saturated rings. The number of aromatic amines is 1. The summed E-state index contributed by atoms with van der Waals surface area (Å²) in [6, 6.07) is 14.4. The summed E-state index contributed by atoms with van der Waals surface area (Å²) >= 11 is 0. The molecule has 2 aromatic rings. The maximum absolute atomic E-state index is 12.5. The fourth-order valence-corrected chi connectivity index (χ4v) is 2.44. The van der Waals surface area contributed by atoms with E-state index < -0.39 is 0 Å². The van der Waals surface area contributed by atoms with Crippen LogP contribution in [0.3, 0.4) is 0 Å². The molecule has 0 saturated carbocycles. The average Bonchev–Trinajstić information content (AvgIpc) is 3.11. The minimum atomic E-state index is -0.168. The van der Waals surface area contributed by atoms with Crippen molar-refractivity contribution in [2.24, 2.45) is 0 Å². The van der Waals surface area contributed by atoms with Crippen molar-refractivity contribution in [3.8, 4) is 12.1 Å². The number of nitrogens with one attached hydrogen (secondary N) is 1. The summed E-state index contributed by atoms with van der Waals surface area (Å²) in [7, 11) is 0. The zero-order chi connectivity index (χ0) is 14.8. The Morgan fingerprint density at radius 1 is 1.05 bits per heavy atom. The van der Waals surface area contributed by atoms with Crippen LogP contribution in [-0.4, -0.2) is 10.8 Å². The molecule has 4 heteroatoms. The van der Waals surface area contributed by atoms with Crippen molar-refractivity contribution in [2.75, 3.05) is 0 Å². The quantitative estimate of drug-likeness (QED) is 0.639. The molecule has 0 bridgehead atoms. The molecule has 1 aliphatic carbocycles. The first-order valence-corrected chi connectivity index (χ1v) is 6.30. The lowest BCUT2D eigenvalue weighted by Crippen LogP contribution is -1.95. The van der Waals surface area contributed by atoms with Gasteiger partial charge in [0.25, 0.3) is 0 Å². The third kappa shape index (κ3) is 1.96. The Morgan fingerprint density at radius 3 is 2.38 bits per heavy atom. The van der Waals surface area contributed by atoms with E-state index in [9.17, 15) is 4.79 Å². The number of ketones is 1. The summed E-state index contributed by atoms with van der Waals surface area (Å²) in [6.45, 7) is 0. The number of carbonyl (C=O) groups is 1. The van der Waals surface area contributed by atoms with Gasteiger partial charge in [0.1, 0.15) is 17.7 Å². The van der Waals surface area contributed by atoms with Gasteiger partial charge >= 0.3 is 0 Å². The van der Waals surface area contributed by atoms with Gasteiger partial charge in [-0.1, -0.05) is 24.3 Å². The van der Waals surface area contributed by atoms with Crippen LogP contribution in [-0.2, 0) is 0 Å². The lowest BCUT2D eigenvalue weighted by Gasteiger charge is -2.01. The van der Waals surface area contributed by atoms with E-state index in [4.69, 9.17) is 10.5 Å². The highest BCUT2D eigenvalue weighted by Crippen LogP contribution is 2.39. The number of nitriles is 2. The molecule has 4 nitrogen and oxygen atoms in total. The number of carbonyl (C=O) groups excluding carboxylic acids is 1. The maximum atomic E-state index is 12.5. The fourth-order valence-electron chi connectivity index (χ4n) is 2.44. The van der Waals surface area contributed by atoms with Crippen LogP contribution >= 0.6 is 0 Å². The molecule has 1 heterocycles. The van der Waals surface area contributed by atoms with Crippen molar-refractivity contribution in [2.45, 2.75) is 0 Å². The van der Waals surface area contributed by atoms with E-state index in [0.717, 1.165) is 5.69 Å². The van der Waals surface area contributed by atoms with Crippen LogP contribution in [0, 0.1) is 22.7 Å². The zero-order valence-corrected chi connectivity index (χ0v) is 10.9. The van der Waals surface area contributed by atoms with Gasteiger partial charge in [0.2, 0.25) is 0 Å². The summed E-state index contributed by atoms with van der Waals surface area (Å²) in [5.74, 6) is -0.168. The van der Waals surface area contributed by atoms with Crippen molar-refractivity contribution < 1.29 is 4.79 Å². The van der Waals surface area contributed by atoms with Gasteiger partial charge < -0.3 is 4.98 Å². The molecule has 0 amide bonds. The van der Waals surface area contributed by atoms with Crippen molar-refractivity contribution in [1.29, 1.82) is 10.5 Å². The molecular formula is C17H9N3O. The summed E-state index contributed by atoms with van der Waals surface area (Å²) in [6.07, 6.45) is 3.42. The van der Waals surface area contributed by atoms with E-state index in [2.05, 4.69) is 4.98 Å². The van der Waals surface area contributed by atoms with E-state index in [0.29, 0.717) is 22.3 Å². The highest BCUT2D eigenvalue weighted by molar-refractivity contribution is 6.29. The van der Waals surface area contributed by atoms with Crippen molar-refractivity contribution in [1.82, 2.24) is 4.98 Å². The van der Waals surface area contributed by atoms with Crippen LogP contribution in [0.4, 0.5) is 0 Å². The van der Waals surface area contributed by atoms with E-state index in [-0.39, 0.29) is 11.4 Å². The molecule has 3 rings (SSSR count). The first-order valence-electron chi connectivity index (χ1n) is 6.30. The standard InChI is InChI=1S/C17H9N3O/c18-9-11(10-19)16-13-5-1-2-6-14(13)17(21)15(16)8-12-4-3-7-20-12/h1-8,20H/b15-8-. The van der Waals surface area contributed by atoms with Gasteiger partial charge in [-0.3, -0.25) is 4.79 Å². The average molecular weight is 271 g/mol. The predicted molar refractivity (Wildman–Crippen MR) is 77.7 cm³/mol. The number of Topliss-reactive ketones (excluding diaryl/α,β-unsaturated/α-hetero) is 1. The molecule has 0 spiro atoms. The molecule has 21 heavy (non-hydrogen) atoms. The van der Waals surface area contributed by atoms with Crippen LogP contribution in [0.25, 0.3) is 11.6 Å². The molecule has 1 aliphatic rings. The fraction of sp³-hybridized carbons (Fsp3) is 0. The number of nitrogens with zero attached hydrogens (tertiary/aromatic N) is 2. The zero-order valence-electron chi connectivity index (χ0n) is 10.9. The second-order valence-corrected chi connectivity index (χ2v) is 4.53. The van der Waals surface area contributed by atoms with Gasteiger partial charge in [0.15, 0.2) is 5.78 Å². The molecular weight excluding hydrogens is 262 g/mol. The molecule has 0 aliphatic heterocycles. The lowest BCUT2D eigenvalue weighted by molar-refractivity contribution is 0.104. The van der Waals surface area contributed by atoms with Gasteiger partial charge in [-0.05, 0) is 23.8 Å². The van der Waals surface area contributed by atoms with E-state index >= 15 is 0 Å². The second kappa shape index (κ2) is 4.96. The van der Waals surface area contributed by atoms with Gasteiger partial charge in [-0.15, -0.1) is 0 Å². The highest BCUT2D eigenvalue weighted by Gasteiger charge is 2.32. The molecule has 1 N–H and O–H groups in total. The Morgan fingerprint density at radius 2 is 1.76 bits per heavy atom. The monoisotopic (exact) mass is 271 g/mol. The van der Waals surface area contributed by atoms with Crippen molar-refractivity contribution in [3.05, 3.63) is 70.6 Å². The van der Waals surface area contributed by atoms with Gasteiger partial charge in [-0.25, -0.2) is 0 Å². The summed E-state index contributed by atoms with van der Waals surface area (Å²) in [5, 5.41) is 18.3. The first kappa shape index (κ1) is 12.7. The van der Waals surface area contributed by atoms with Crippen molar-refractivity contribution >= 4 is 17.4 Å². The number of benzene rings is 1. The number of allylic oxidation sites excluding steroid dienone is 3. The van der Waals surface area contributed by atoms with Crippen LogP contribution < -0.4 is 0 Å². The van der Waals surface area contributed by atoms with Gasteiger partial charge in [0.05, 0.1) is 0 Å². The molecule has 0 atom stereocenters. The number of hydrogen-bond acceptors (Lipinski definition) is 3. The number of fused-ring (bicyclic) bond motifs is 1. The minimum absolute atomic E-state index is 0.0499. The molecule has 0 radical (unpaired) electrons. The van der Waals surface area contributed by atoms with Crippen LogP contribution in [0.1, 0.15) is 21.6 Å². The molecule has 1 aromatic heterocycles. The second-order valence-electron chi connectivity index (χ2n) is 4.53. The van der Waals surface area contributed by atoms with Crippen LogP contribution in [0.15, 0.2) is 53.7 Å². The third-order valence-corrected chi connectivity index (χ3v) is 3.35. The van der Waals surface area contributed by atoms with Gasteiger partial charge in [0, 0.05) is 28.6 Å². The Hall–Kier alpha value is -3.37.